The molecule has 0 radical (unpaired) electrons. The molecule has 2 aliphatic heterocycles. The monoisotopic (exact) mass is 304 g/mol. The Morgan fingerprint density at radius 3 is 2.91 bits per heavy atom. The number of rotatable bonds is 2. The number of amides is 1. The fourth-order valence-corrected chi connectivity index (χ4v) is 3.31. The molecular weight excluding hydrogens is 288 g/mol. The average molecular weight is 304 g/mol. The smallest absolute Gasteiger partial charge is 0.292 e. The largest absolute Gasteiger partial charge is 0.380 e. The molecule has 0 N–H and O–H groups in total. The van der Waals surface area contributed by atoms with E-state index >= 15 is 0 Å². The van der Waals surface area contributed by atoms with Crippen LogP contribution < -0.4 is 0 Å². The van der Waals surface area contributed by atoms with Gasteiger partial charge in [-0.2, -0.15) is 4.98 Å². The van der Waals surface area contributed by atoms with Crippen LogP contribution in [-0.4, -0.2) is 52.4 Å². The number of aromatic nitrogens is 3. The van der Waals surface area contributed by atoms with Crippen LogP contribution in [0.25, 0.3) is 0 Å². The van der Waals surface area contributed by atoms with E-state index in [4.69, 9.17) is 13.8 Å². The van der Waals surface area contributed by atoms with Gasteiger partial charge in [-0.05, 0) is 13.8 Å². The fraction of sp³-hybridized carbons (Fsp3) is 0.571. The summed E-state index contributed by atoms with van der Waals surface area (Å²) in [6.07, 6.45) is 0. The normalized spacial score (nSPS) is 27.4. The lowest BCUT2D eigenvalue weighted by molar-refractivity contribution is 0.0696. The van der Waals surface area contributed by atoms with Crippen molar-refractivity contribution in [2.45, 2.75) is 19.3 Å². The molecule has 116 valence electrons. The van der Waals surface area contributed by atoms with Gasteiger partial charge < -0.3 is 18.7 Å². The first-order valence-corrected chi connectivity index (χ1v) is 7.19. The summed E-state index contributed by atoms with van der Waals surface area (Å²) in [4.78, 5) is 18.7. The second kappa shape index (κ2) is 4.64. The van der Waals surface area contributed by atoms with Gasteiger partial charge in [-0.25, -0.2) is 0 Å². The quantitative estimate of drug-likeness (QED) is 0.806. The molecule has 0 unspecified atom stereocenters. The van der Waals surface area contributed by atoms with E-state index in [0.717, 1.165) is 0 Å². The van der Waals surface area contributed by atoms with Crippen molar-refractivity contribution >= 4 is 5.91 Å². The molecule has 2 aromatic rings. The van der Waals surface area contributed by atoms with Gasteiger partial charge in [0, 0.05) is 25.1 Å². The highest BCUT2D eigenvalue weighted by Crippen LogP contribution is 2.43. The predicted molar refractivity (Wildman–Crippen MR) is 72.2 cm³/mol. The first-order valence-electron chi connectivity index (χ1n) is 7.19. The summed E-state index contributed by atoms with van der Waals surface area (Å²) in [6.45, 7) is 5.70. The van der Waals surface area contributed by atoms with Crippen molar-refractivity contribution in [3.63, 3.8) is 0 Å². The number of hydrogen-bond donors (Lipinski definition) is 0. The summed E-state index contributed by atoms with van der Waals surface area (Å²) in [7, 11) is 0. The Morgan fingerprint density at radius 2 is 2.23 bits per heavy atom. The molecule has 1 amide bonds. The number of nitrogens with zero attached hydrogens (tertiary/aromatic N) is 4. The van der Waals surface area contributed by atoms with Gasteiger partial charge in [0.1, 0.15) is 0 Å². The minimum atomic E-state index is -0.411. The van der Waals surface area contributed by atoms with Crippen LogP contribution >= 0.6 is 0 Å². The zero-order valence-corrected chi connectivity index (χ0v) is 12.4. The van der Waals surface area contributed by atoms with Crippen molar-refractivity contribution in [3.05, 3.63) is 29.2 Å². The van der Waals surface area contributed by atoms with Crippen LogP contribution in [0.2, 0.25) is 0 Å². The standard InChI is InChI=1S/C14H16N4O4/c1-8-3-11(21-16-8)12(19)18-4-10-5-20-7-14(10,6-18)13-15-9(2)17-22-13/h3,10H,4-7H2,1-2H3/t10-,14-/m0/s1. The van der Waals surface area contributed by atoms with Crippen molar-refractivity contribution in [2.75, 3.05) is 26.3 Å². The maximum absolute atomic E-state index is 12.6. The first-order chi connectivity index (χ1) is 10.6. The van der Waals surface area contributed by atoms with E-state index < -0.39 is 5.41 Å². The molecule has 4 rings (SSSR count). The molecular formula is C14H16N4O4. The third kappa shape index (κ3) is 1.87. The highest BCUT2D eigenvalue weighted by Gasteiger charge is 2.56. The highest BCUT2D eigenvalue weighted by atomic mass is 16.5. The first kappa shape index (κ1) is 13.4. The van der Waals surface area contributed by atoms with Crippen LogP contribution in [0.1, 0.15) is 28.0 Å². The number of carbonyl (C=O) groups excluding carboxylic acids is 1. The van der Waals surface area contributed by atoms with E-state index in [1.165, 1.54) is 0 Å². The highest BCUT2D eigenvalue weighted by molar-refractivity contribution is 5.91. The fourth-order valence-electron chi connectivity index (χ4n) is 3.31. The van der Waals surface area contributed by atoms with Gasteiger partial charge in [-0.1, -0.05) is 10.3 Å². The Labute approximate surface area is 126 Å². The molecule has 2 atom stereocenters. The number of carbonyl (C=O) groups is 1. The molecule has 0 aliphatic carbocycles. The number of ether oxygens (including phenoxy) is 1. The van der Waals surface area contributed by atoms with E-state index in [2.05, 4.69) is 15.3 Å². The van der Waals surface area contributed by atoms with E-state index in [1.54, 1.807) is 24.8 Å². The van der Waals surface area contributed by atoms with Crippen molar-refractivity contribution < 1.29 is 18.6 Å². The minimum absolute atomic E-state index is 0.153. The van der Waals surface area contributed by atoms with Gasteiger partial charge in [-0.15, -0.1) is 0 Å². The molecule has 8 heteroatoms. The third-order valence-corrected chi connectivity index (χ3v) is 4.45. The van der Waals surface area contributed by atoms with Crippen LogP contribution in [0, 0.1) is 19.8 Å². The lowest BCUT2D eigenvalue weighted by Gasteiger charge is -2.22. The van der Waals surface area contributed by atoms with Gasteiger partial charge >= 0.3 is 0 Å². The summed E-state index contributed by atoms with van der Waals surface area (Å²) in [5, 5.41) is 7.65. The second-order valence-corrected chi connectivity index (χ2v) is 6.03. The molecule has 0 bridgehead atoms. The van der Waals surface area contributed by atoms with Crippen molar-refractivity contribution in [1.29, 1.82) is 0 Å². The molecule has 2 aromatic heterocycles. The molecule has 4 heterocycles. The van der Waals surface area contributed by atoms with Crippen molar-refractivity contribution in [3.8, 4) is 0 Å². The molecule has 8 nitrogen and oxygen atoms in total. The SMILES string of the molecule is Cc1cc(C(=O)N2C[C@H]3COC[C@@]3(c3nc(C)no3)C2)on1. The van der Waals surface area contributed by atoms with Gasteiger partial charge in [0.25, 0.3) is 5.91 Å². The lowest BCUT2D eigenvalue weighted by atomic mass is 9.81. The van der Waals surface area contributed by atoms with Crippen LogP contribution in [0.4, 0.5) is 0 Å². The molecule has 22 heavy (non-hydrogen) atoms. The number of likely N-dealkylation sites (tertiary alicyclic amines) is 1. The Balaban J connectivity index is 1.63. The van der Waals surface area contributed by atoms with Gasteiger partial charge in [-0.3, -0.25) is 4.79 Å². The summed E-state index contributed by atoms with van der Waals surface area (Å²) < 4.78 is 16.1. The maximum atomic E-state index is 12.6. The number of aryl methyl sites for hydroxylation is 2. The van der Waals surface area contributed by atoms with Crippen LogP contribution in [0.15, 0.2) is 15.1 Å². The summed E-state index contributed by atoms with van der Waals surface area (Å²) in [5.74, 6) is 1.39. The van der Waals surface area contributed by atoms with Crippen LogP contribution in [-0.2, 0) is 10.2 Å². The minimum Gasteiger partial charge on any atom is -0.380 e. The number of hydrogen-bond acceptors (Lipinski definition) is 7. The summed E-state index contributed by atoms with van der Waals surface area (Å²) in [6, 6.07) is 1.65. The van der Waals surface area contributed by atoms with E-state index in [0.29, 0.717) is 43.7 Å². The lowest BCUT2D eigenvalue weighted by Crippen LogP contribution is -2.37. The third-order valence-electron chi connectivity index (χ3n) is 4.45. The van der Waals surface area contributed by atoms with Gasteiger partial charge in [0.05, 0.1) is 24.3 Å². The second-order valence-electron chi connectivity index (χ2n) is 6.03. The molecule has 2 aliphatic rings. The molecule has 0 saturated carbocycles. The Bertz CT molecular complexity index is 724. The topological polar surface area (TPSA) is 94.5 Å². The Hall–Kier alpha value is -2.22. The van der Waals surface area contributed by atoms with E-state index in [-0.39, 0.29) is 17.6 Å². The van der Waals surface area contributed by atoms with Crippen molar-refractivity contribution in [1.82, 2.24) is 20.2 Å². The van der Waals surface area contributed by atoms with Gasteiger partial charge in [0.15, 0.2) is 5.82 Å². The average Bonchev–Trinajstić information content (AvgIpc) is 3.19. The molecule has 2 fully saturated rings. The maximum Gasteiger partial charge on any atom is 0.292 e. The number of fused-ring (bicyclic) bond motifs is 1. The summed E-state index contributed by atoms with van der Waals surface area (Å²) in [5.41, 5.74) is 0.278. The molecule has 0 spiro atoms. The zero-order chi connectivity index (χ0) is 15.3. The van der Waals surface area contributed by atoms with Gasteiger partial charge in [0.2, 0.25) is 11.7 Å². The Morgan fingerprint density at radius 1 is 1.36 bits per heavy atom. The molecule has 0 aromatic carbocycles. The Kier molecular flexibility index (Phi) is 2.83. The summed E-state index contributed by atoms with van der Waals surface area (Å²) >= 11 is 0. The van der Waals surface area contributed by atoms with E-state index in [1.807, 2.05) is 0 Å². The van der Waals surface area contributed by atoms with Crippen LogP contribution in [0.5, 0.6) is 0 Å². The zero-order valence-electron chi connectivity index (χ0n) is 12.4. The van der Waals surface area contributed by atoms with E-state index in [9.17, 15) is 4.79 Å². The van der Waals surface area contributed by atoms with Crippen LogP contribution in [0.3, 0.4) is 0 Å². The molecule has 2 saturated heterocycles. The predicted octanol–water partition coefficient (Wildman–Crippen LogP) is 0.715. The van der Waals surface area contributed by atoms with Crippen molar-refractivity contribution in [2.24, 2.45) is 5.92 Å².